The largest absolute Gasteiger partial charge is 0.373 e. The first-order chi connectivity index (χ1) is 8.80. The van der Waals surface area contributed by atoms with Crippen molar-refractivity contribution in [2.45, 2.75) is 19.9 Å². The Bertz CT molecular complexity index is 542. The van der Waals surface area contributed by atoms with Crippen molar-refractivity contribution in [2.24, 2.45) is 0 Å². The van der Waals surface area contributed by atoms with Crippen molar-refractivity contribution in [3.05, 3.63) is 36.8 Å². The lowest BCUT2D eigenvalue weighted by molar-refractivity contribution is 0.603. The SMILES string of the molecule is C=Cc1c(-c2cnn(CCC)c2)ccnc1NC. The first kappa shape index (κ1) is 12.4. The minimum Gasteiger partial charge on any atom is -0.373 e. The quantitative estimate of drug-likeness (QED) is 0.876. The second-order valence-electron chi connectivity index (χ2n) is 4.07. The van der Waals surface area contributed by atoms with E-state index >= 15 is 0 Å². The summed E-state index contributed by atoms with van der Waals surface area (Å²) in [6, 6.07) is 1.99. The molecule has 0 saturated heterocycles. The van der Waals surface area contributed by atoms with Crippen LogP contribution >= 0.6 is 0 Å². The van der Waals surface area contributed by atoms with E-state index in [9.17, 15) is 0 Å². The summed E-state index contributed by atoms with van der Waals surface area (Å²) in [5.74, 6) is 0.839. The molecular weight excluding hydrogens is 224 g/mol. The molecule has 0 aliphatic heterocycles. The molecule has 0 aromatic carbocycles. The third kappa shape index (κ3) is 2.27. The van der Waals surface area contributed by atoms with Crippen LogP contribution in [0.1, 0.15) is 18.9 Å². The van der Waals surface area contributed by atoms with Crippen LogP contribution in [-0.2, 0) is 6.54 Å². The Morgan fingerprint density at radius 2 is 2.33 bits per heavy atom. The van der Waals surface area contributed by atoms with Gasteiger partial charge in [-0.2, -0.15) is 5.10 Å². The smallest absolute Gasteiger partial charge is 0.133 e. The molecule has 0 aliphatic carbocycles. The van der Waals surface area contributed by atoms with E-state index in [1.54, 1.807) is 6.20 Å². The number of nitrogens with one attached hydrogen (secondary N) is 1. The van der Waals surface area contributed by atoms with E-state index in [1.165, 1.54) is 0 Å². The molecule has 0 atom stereocenters. The Hall–Kier alpha value is -2.10. The third-order valence-corrected chi connectivity index (χ3v) is 2.83. The van der Waals surface area contributed by atoms with Crippen molar-refractivity contribution in [1.29, 1.82) is 0 Å². The predicted molar refractivity (Wildman–Crippen MR) is 75.4 cm³/mol. The Balaban J connectivity index is 2.45. The molecule has 94 valence electrons. The number of aromatic nitrogens is 3. The number of hydrogen-bond donors (Lipinski definition) is 1. The maximum atomic E-state index is 4.35. The van der Waals surface area contributed by atoms with Crippen molar-refractivity contribution in [3.63, 3.8) is 0 Å². The van der Waals surface area contributed by atoms with E-state index in [2.05, 4.69) is 35.1 Å². The Morgan fingerprint density at radius 1 is 1.50 bits per heavy atom. The van der Waals surface area contributed by atoms with Crippen molar-refractivity contribution in [2.75, 3.05) is 12.4 Å². The van der Waals surface area contributed by atoms with E-state index in [4.69, 9.17) is 0 Å². The molecule has 0 amide bonds. The number of rotatable bonds is 5. The number of aryl methyl sites for hydroxylation is 1. The zero-order valence-electron chi connectivity index (χ0n) is 10.8. The first-order valence-electron chi connectivity index (χ1n) is 6.12. The third-order valence-electron chi connectivity index (χ3n) is 2.83. The van der Waals surface area contributed by atoms with Crippen LogP contribution in [0.5, 0.6) is 0 Å². The van der Waals surface area contributed by atoms with Gasteiger partial charge in [0.05, 0.1) is 6.20 Å². The van der Waals surface area contributed by atoms with Crippen LogP contribution < -0.4 is 5.32 Å². The van der Waals surface area contributed by atoms with Crippen molar-refractivity contribution < 1.29 is 0 Å². The highest BCUT2D eigenvalue weighted by atomic mass is 15.3. The van der Waals surface area contributed by atoms with Gasteiger partial charge in [-0.1, -0.05) is 19.6 Å². The van der Waals surface area contributed by atoms with Gasteiger partial charge in [-0.15, -0.1) is 0 Å². The Kier molecular flexibility index (Phi) is 3.77. The highest BCUT2D eigenvalue weighted by Crippen LogP contribution is 2.28. The molecule has 18 heavy (non-hydrogen) atoms. The van der Waals surface area contributed by atoms with Crippen LogP contribution in [0.4, 0.5) is 5.82 Å². The molecule has 0 fully saturated rings. The average Bonchev–Trinajstić information content (AvgIpc) is 2.86. The zero-order chi connectivity index (χ0) is 13.0. The van der Waals surface area contributed by atoms with E-state index in [-0.39, 0.29) is 0 Å². The van der Waals surface area contributed by atoms with Gasteiger partial charge < -0.3 is 5.32 Å². The van der Waals surface area contributed by atoms with Crippen LogP contribution in [0.25, 0.3) is 17.2 Å². The maximum absolute atomic E-state index is 4.35. The molecule has 0 radical (unpaired) electrons. The van der Waals surface area contributed by atoms with Crippen LogP contribution in [0.2, 0.25) is 0 Å². The molecule has 0 aliphatic rings. The lowest BCUT2D eigenvalue weighted by Gasteiger charge is -2.08. The minimum absolute atomic E-state index is 0.839. The van der Waals surface area contributed by atoms with E-state index in [0.29, 0.717) is 0 Å². The highest BCUT2D eigenvalue weighted by Gasteiger charge is 2.09. The van der Waals surface area contributed by atoms with Crippen LogP contribution in [0.3, 0.4) is 0 Å². The normalized spacial score (nSPS) is 10.3. The first-order valence-corrected chi connectivity index (χ1v) is 6.12. The molecule has 0 unspecified atom stereocenters. The summed E-state index contributed by atoms with van der Waals surface area (Å²) in [5.41, 5.74) is 3.21. The van der Waals surface area contributed by atoms with E-state index < -0.39 is 0 Å². The summed E-state index contributed by atoms with van der Waals surface area (Å²) in [6.07, 6.45) is 8.65. The maximum Gasteiger partial charge on any atom is 0.133 e. The summed E-state index contributed by atoms with van der Waals surface area (Å²) in [5, 5.41) is 7.43. The van der Waals surface area contributed by atoms with Gasteiger partial charge in [0.2, 0.25) is 0 Å². The Morgan fingerprint density at radius 3 is 3.00 bits per heavy atom. The van der Waals surface area contributed by atoms with Crippen LogP contribution in [0, 0.1) is 0 Å². The van der Waals surface area contributed by atoms with Gasteiger partial charge in [-0.25, -0.2) is 4.98 Å². The van der Waals surface area contributed by atoms with Crippen molar-refractivity contribution in [3.8, 4) is 11.1 Å². The van der Waals surface area contributed by atoms with Gasteiger partial charge in [0.25, 0.3) is 0 Å². The van der Waals surface area contributed by atoms with Gasteiger partial charge in [0, 0.05) is 37.1 Å². The molecule has 0 saturated carbocycles. The van der Waals surface area contributed by atoms with Crippen molar-refractivity contribution >= 4 is 11.9 Å². The highest BCUT2D eigenvalue weighted by molar-refractivity contribution is 5.79. The average molecular weight is 242 g/mol. The molecule has 4 heteroatoms. The molecule has 0 bridgehead atoms. The summed E-state index contributed by atoms with van der Waals surface area (Å²) < 4.78 is 1.96. The zero-order valence-corrected chi connectivity index (χ0v) is 10.8. The van der Waals surface area contributed by atoms with E-state index in [0.717, 1.165) is 35.5 Å². The number of pyridine rings is 1. The Labute approximate surface area is 107 Å². The van der Waals surface area contributed by atoms with Gasteiger partial charge in [-0.05, 0) is 18.1 Å². The fourth-order valence-corrected chi connectivity index (χ4v) is 1.98. The summed E-state index contributed by atoms with van der Waals surface area (Å²) in [7, 11) is 1.86. The number of anilines is 1. The molecule has 4 nitrogen and oxygen atoms in total. The standard InChI is InChI=1S/C14H18N4/c1-4-8-18-10-11(9-17-18)13-6-7-16-14(15-3)12(13)5-2/h5-7,9-10H,2,4,8H2,1,3H3,(H,15,16). The number of nitrogens with zero attached hydrogens (tertiary/aromatic N) is 3. The fourth-order valence-electron chi connectivity index (χ4n) is 1.98. The molecule has 0 spiro atoms. The second kappa shape index (κ2) is 5.49. The molecule has 2 aromatic rings. The van der Waals surface area contributed by atoms with Gasteiger partial charge >= 0.3 is 0 Å². The predicted octanol–water partition coefficient (Wildman–Crippen LogP) is 3.04. The van der Waals surface area contributed by atoms with Crippen LogP contribution in [0.15, 0.2) is 31.2 Å². The van der Waals surface area contributed by atoms with Crippen LogP contribution in [-0.4, -0.2) is 21.8 Å². The van der Waals surface area contributed by atoms with Gasteiger partial charge in [0.1, 0.15) is 5.82 Å². The lowest BCUT2D eigenvalue weighted by atomic mass is 10.0. The topological polar surface area (TPSA) is 42.7 Å². The van der Waals surface area contributed by atoms with E-state index in [1.807, 2.05) is 30.1 Å². The molecule has 2 heterocycles. The fraction of sp³-hybridized carbons (Fsp3) is 0.286. The summed E-state index contributed by atoms with van der Waals surface area (Å²) in [6.45, 7) is 6.94. The molecular formula is C14H18N4. The molecule has 1 N–H and O–H groups in total. The number of hydrogen-bond acceptors (Lipinski definition) is 3. The van der Waals surface area contributed by atoms with Crippen molar-refractivity contribution in [1.82, 2.24) is 14.8 Å². The molecule has 2 rings (SSSR count). The minimum atomic E-state index is 0.839. The lowest BCUT2D eigenvalue weighted by Crippen LogP contribution is -1.97. The van der Waals surface area contributed by atoms with Gasteiger partial charge in [0.15, 0.2) is 0 Å². The summed E-state index contributed by atoms with van der Waals surface area (Å²) in [4.78, 5) is 4.29. The second-order valence-corrected chi connectivity index (χ2v) is 4.07. The van der Waals surface area contributed by atoms with Gasteiger partial charge in [-0.3, -0.25) is 4.68 Å². The summed E-state index contributed by atoms with van der Waals surface area (Å²) >= 11 is 0. The monoisotopic (exact) mass is 242 g/mol. The molecule has 2 aromatic heterocycles.